The molecule has 1 aromatic carbocycles. The number of fused-ring (bicyclic) bond motifs is 1. The third kappa shape index (κ3) is 5.95. The molecule has 0 aliphatic carbocycles. The van der Waals surface area contributed by atoms with Crippen molar-refractivity contribution in [1.29, 1.82) is 0 Å². The van der Waals surface area contributed by atoms with Crippen molar-refractivity contribution in [2.24, 2.45) is 5.73 Å². The van der Waals surface area contributed by atoms with Crippen molar-refractivity contribution in [3.8, 4) is 5.75 Å². The minimum atomic E-state index is -5.08. The fourth-order valence-electron chi connectivity index (χ4n) is 1.68. The van der Waals surface area contributed by atoms with Crippen LogP contribution in [-0.4, -0.2) is 30.4 Å². The van der Waals surface area contributed by atoms with Crippen molar-refractivity contribution in [3.05, 3.63) is 39.2 Å². The Hall–Kier alpha value is -2.26. The molecule has 10 heteroatoms. The average Bonchev–Trinajstić information content (AvgIpc) is 2.51. The molecule has 2 aromatic rings. The second kappa shape index (κ2) is 8.72. The Labute approximate surface area is 144 Å². The summed E-state index contributed by atoms with van der Waals surface area (Å²) < 4.78 is 42.5. The number of rotatable bonds is 4. The Morgan fingerprint density at radius 1 is 1.40 bits per heavy atom. The van der Waals surface area contributed by atoms with Gasteiger partial charge in [0.1, 0.15) is 11.3 Å². The SMILES string of the molecule is Cc1c(OCCCN)c2cc(Cl)ccc2oc1=O.O=C(O)C(F)(F)F. The summed E-state index contributed by atoms with van der Waals surface area (Å²) in [4.78, 5) is 20.6. The zero-order valence-electron chi connectivity index (χ0n) is 13.0. The maximum Gasteiger partial charge on any atom is 0.490 e. The lowest BCUT2D eigenvalue weighted by Gasteiger charge is -2.10. The summed E-state index contributed by atoms with van der Waals surface area (Å²) in [7, 11) is 0. The van der Waals surface area contributed by atoms with E-state index in [1.807, 2.05) is 0 Å². The molecular weight excluding hydrogens is 367 g/mol. The number of ether oxygens (including phenoxy) is 1. The molecule has 0 radical (unpaired) electrons. The van der Waals surface area contributed by atoms with Crippen molar-refractivity contribution in [1.82, 2.24) is 0 Å². The molecular formula is C15H15ClF3NO5. The van der Waals surface area contributed by atoms with E-state index >= 15 is 0 Å². The van der Waals surface area contributed by atoms with Crippen LogP contribution in [0.2, 0.25) is 5.02 Å². The van der Waals surface area contributed by atoms with Crippen LogP contribution in [0.5, 0.6) is 5.75 Å². The molecule has 2 rings (SSSR count). The number of carboxylic acid groups (broad SMARTS) is 1. The molecule has 0 aliphatic heterocycles. The van der Waals surface area contributed by atoms with Gasteiger partial charge in [0.05, 0.1) is 17.6 Å². The second-order valence-corrected chi connectivity index (χ2v) is 5.21. The predicted molar refractivity (Wildman–Crippen MR) is 85.1 cm³/mol. The highest BCUT2D eigenvalue weighted by molar-refractivity contribution is 6.31. The lowest BCUT2D eigenvalue weighted by atomic mass is 10.1. The average molecular weight is 382 g/mol. The van der Waals surface area contributed by atoms with Crippen molar-refractivity contribution in [3.63, 3.8) is 0 Å². The van der Waals surface area contributed by atoms with Gasteiger partial charge in [0.2, 0.25) is 0 Å². The highest BCUT2D eigenvalue weighted by Crippen LogP contribution is 2.29. The van der Waals surface area contributed by atoms with E-state index in [0.29, 0.717) is 40.5 Å². The summed E-state index contributed by atoms with van der Waals surface area (Å²) in [5, 5.41) is 8.40. The number of alkyl halides is 3. The van der Waals surface area contributed by atoms with E-state index < -0.39 is 17.8 Å². The lowest BCUT2D eigenvalue weighted by Crippen LogP contribution is -2.21. The first-order valence-electron chi connectivity index (χ1n) is 6.94. The van der Waals surface area contributed by atoms with Crippen LogP contribution in [0.25, 0.3) is 11.0 Å². The zero-order chi connectivity index (χ0) is 19.2. The number of benzene rings is 1. The first-order chi connectivity index (χ1) is 11.6. The van der Waals surface area contributed by atoms with Gasteiger partial charge in [0.15, 0.2) is 0 Å². The van der Waals surface area contributed by atoms with Gasteiger partial charge in [-0.1, -0.05) is 11.6 Å². The zero-order valence-corrected chi connectivity index (χ0v) is 13.8. The van der Waals surface area contributed by atoms with Crippen molar-refractivity contribution >= 4 is 28.5 Å². The maximum atomic E-state index is 11.7. The highest BCUT2D eigenvalue weighted by Gasteiger charge is 2.38. The number of halogens is 4. The first-order valence-corrected chi connectivity index (χ1v) is 7.31. The highest BCUT2D eigenvalue weighted by atomic mass is 35.5. The van der Waals surface area contributed by atoms with E-state index in [9.17, 15) is 18.0 Å². The standard InChI is InChI=1S/C13H14ClNO3.C2HF3O2/c1-8-12(17-6-2-5-15)10-7-9(14)3-4-11(10)18-13(8)16;3-2(4,5)1(6)7/h3-4,7H,2,5-6,15H2,1H3;(H,6,7). The molecule has 0 atom stereocenters. The Morgan fingerprint density at radius 2 is 2.00 bits per heavy atom. The Balaban J connectivity index is 0.000000381. The molecule has 6 nitrogen and oxygen atoms in total. The van der Waals surface area contributed by atoms with E-state index in [4.69, 9.17) is 36.4 Å². The summed E-state index contributed by atoms with van der Waals surface area (Å²) in [6, 6.07) is 5.06. The summed E-state index contributed by atoms with van der Waals surface area (Å²) >= 11 is 5.95. The Morgan fingerprint density at radius 3 is 2.52 bits per heavy atom. The molecule has 1 aromatic heterocycles. The molecule has 0 saturated heterocycles. The van der Waals surface area contributed by atoms with Gasteiger partial charge in [0, 0.05) is 5.02 Å². The summed E-state index contributed by atoms with van der Waals surface area (Å²) in [5.74, 6) is -2.23. The fourth-order valence-corrected chi connectivity index (χ4v) is 1.86. The van der Waals surface area contributed by atoms with Crippen LogP contribution in [-0.2, 0) is 4.79 Å². The minimum absolute atomic E-state index is 0.396. The maximum absolute atomic E-state index is 11.7. The number of hydrogen-bond donors (Lipinski definition) is 2. The van der Waals surface area contributed by atoms with E-state index in [0.717, 1.165) is 6.42 Å². The van der Waals surface area contributed by atoms with Crippen LogP contribution in [0.15, 0.2) is 27.4 Å². The van der Waals surface area contributed by atoms with E-state index in [1.165, 1.54) is 0 Å². The second-order valence-electron chi connectivity index (χ2n) is 4.78. The van der Waals surface area contributed by atoms with Gasteiger partial charge in [-0.25, -0.2) is 9.59 Å². The van der Waals surface area contributed by atoms with E-state index in [1.54, 1.807) is 25.1 Å². The van der Waals surface area contributed by atoms with Crippen molar-refractivity contribution in [2.75, 3.05) is 13.2 Å². The van der Waals surface area contributed by atoms with Crippen LogP contribution < -0.4 is 16.1 Å². The van der Waals surface area contributed by atoms with Gasteiger partial charge in [-0.3, -0.25) is 0 Å². The molecule has 138 valence electrons. The van der Waals surface area contributed by atoms with Gasteiger partial charge in [0.25, 0.3) is 0 Å². The van der Waals surface area contributed by atoms with E-state index in [-0.39, 0.29) is 0 Å². The van der Waals surface area contributed by atoms with Crippen LogP contribution in [0.1, 0.15) is 12.0 Å². The number of hydrogen-bond acceptors (Lipinski definition) is 5. The topological polar surface area (TPSA) is 103 Å². The molecule has 0 saturated carbocycles. The largest absolute Gasteiger partial charge is 0.492 e. The van der Waals surface area contributed by atoms with Gasteiger partial charge in [-0.05, 0) is 38.1 Å². The molecule has 0 unspecified atom stereocenters. The number of aliphatic carboxylic acids is 1. The molecule has 25 heavy (non-hydrogen) atoms. The van der Waals surface area contributed by atoms with Crippen LogP contribution in [0.3, 0.4) is 0 Å². The molecule has 1 heterocycles. The monoisotopic (exact) mass is 381 g/mol. The number of nitrogens with two attached hydrogens (primary N) is 1. The van der Waals surface area contributed by atoms with Crippen LogP contribution in [0, 0.1) is 6.92 Å². The first kappa shape index (κ1) is 20.8. The summed E-state index contributed by atoms with van der Waals surface area (Å²) in [6.07, 6.45) is -4.36. The van der Waals surface area contributed by atoms with Gasteiger partial charge >= 0.3 is 17.8 Å². The lowest BCUT2D eigenvalue weighted by molar-refractivity contribution is -0.192. The third-order valence-electron chi connectivity index (χ3n) is 2.87. The van der Waals surface area contributed by atoms with Crippen LogP contribution in [0.4, 0.5) is 13.2 Å². The Kier molecular flexibility index (Phi) is 7.25. The smallest absolute Gasteiger partial charge is 0.490 e. The normalized spacial score (nSPS) is 11.0. The molecule has 0 aliphatic rings. The molecule has 0 amide bonds. The molecule has 0 spiro atoms. The van der Waals surface area contributed by atoms with Crippen LogP contribution >= 0.6 is 11.6 Å². The Bertz CT molecular complexity index is 804. The van der Waals surface area contributed by atoms with Gasteiger partial charge in [-0.2, -0.15) is 13.2 Å². The van der Waals surface area contributed by atoms with Crippen molar-refractivity contribution in [2.45, 2.75) is 19.5 Å². The number of carbonyl (C=O) groups is 1. The molecule has 0 bridgehead atoms. The predicted octanol–water partition coefficient (Wildman–Crippen LogP) is 3.12. The fraction of sp³-hybridized carbons (Fsp3) is 0.333. The molecule has 0 fully saturated rings. The van der Waals surface area contributed by atoms with E-state index in [2.05, 4.69) is 0 Å². The third-order valence-corrected chi connectivity index (χ3v) is 3.11. The minimum Gasteiger partial charge on any atom is -0.492 e. The summed E-state index contributed by atoms with van der Waals surface area (Å²) in [6.45, 7) is 2.67. The van der Waals surface area contributed by atoms with Gasteiger partial charge in [-0.15, -0.1) is 0 Å². The number of carboxylic acids is 1. The molecule has 3 N–H and O–H groups in total. The quantitative estimate of drug-likeness (QED) is 0.623. The van der Waals surface area contributed by atoms with Crippen molar-refractivity contribution < 1.29 is 32.2 Å². The summed E-state index contributed by atoms with van der Waals surface area (Å²) in [5.41, 5.74) is 5.94. The van der Waals surface area contributed by atoms with Gasteiger partial charge < -0.3 is 20.0 Å².